The highest BCUT2D eigenvalue weighted by Gasteiger charge is 2.10. The Morgan fingerprint density at radius 3 is 2.50 bits per heavy atom. The van der Waals surface area contributed by atoms with Crippen LogP contribution in [0.5, 0.6) is 5.75 Å². The van der Waals surface area contributed by atoms with Gasteiger partial charge in [-0.3, -0.25) is 4.79 Å². The summed E-state index contributed by atoms with van der Waals surface area (Å²) in [7, 11) is 1.71. The topological polar surface area (TPSA) is 49.8 Å². The number of nitrogens with zero attached hydrogens (tertiary/aromatic N) is 1. The third-order valence-corrected chi connectivity index (χ3v) is 2.83. The van der Waals surface area contributed by atoms with Crippen molar-refractivity contribution < 1.29 is 14.6 Å². The molecule has 0 atom stereocenters. The van der Waals surface area contributed by atoms with E-state index in [-0.39, 0.29) is 19.1 Å². The lowest BCUT2D eigenvalue weighted by Crippen LogP contribution is -2.32. The van der Waals surface area contributed by atoms with Crippen LogP contribution in [0.2, 0.25) is 0 Å². The van der Waals surface area contributed by atoms with E-state index in [1.807, 2.05) is 32.0 Å². The predicted octanol–water partition coefficient (Wildman–Crippen LogP) is 1.52. The summed E-state index contributed by atoms with van der Waals surface area (Å²) in [5.74, 6) is 0.701. The van der Waals surface area contributed by atoms with Crippen molar-refractivity contribution in [3.63, 3.8) is 0 Å². The van der Waals surface area contributed by atoms with E-state index in [1.54, 1.807) is 11.9 Å². The molecule has 0 bridgehead atoms. The highest BCUT2D eigenvalue weighted by molar-refractivity contribution is 5.77. The van der Waals surface area contributed by atoms with Gasteiger partial charge in [-0.2, -0.15) is 0 Å². The van der Waals surface area contributed by atoms with Crippen LogP contribution < -0.4 is 4.74 Å². The minimum absolute atomic E-state index is 0.0353. The normalized spacial score (nSPS) is 10.2. The number of para-hydroxylation sites is 1. The third kappa shape index (κ3) is 4.04. The van der Waals surface area contributed by atoms with E-state index in [4.69, 9.17) is 9.84 Å². The summed E-state index contributed by atoms with van der Waals surface area (Å²) >= 11 is 0. The van der Waals surface area contributed by atoms with Crippen LogP contribution in [0.15, 0.2) is 18.2 Å². The molecular weight excluding hydrogens is 230 g/mol. The van der Waals surface area contributed by atoms with Crippen LogP contribution in [0.3, 0.4) is 0 Å². The number of carbonyl (C=O) groups is 1. The molecule has 1 aromatic carbocycles. The van der Waals surface area contributed by atoms with Gasteiger partial charge in [0.05, 0.1) is 0 Å². The number of hydrogen-bond donors (Lipinski definition) is 1. The maximum Gasteiger partial charge on any atom is 0.260 e. The number of benzene rings is 1. The first-order chi connectivity index (χ1) is 8.56. The molecule has 0 saturated heterocycles. The number of carbonyl (C=O) groups excluding carboxylic acids is 1. The zero-order chi connectivity index (χ0) is 13.5. The Labute approximate surface area is 108 Å². The fourth-order valence-electron chi connectivity index (χ4n) is 1.70. The van der Waals surface area contributed by atoms with E-state index in [0.29, 0.717) is 13.0 Å². The molecule has 0 unspecified atom stereocenters. The van der Waals surface area contributed by atoms with Crippen LogP contribution in [-0.4, -0.2) is 42.7 Å². The molecule has 1 N–H and O–H groups in total. The van der Waals surface area contributed by atoms with Crippen LogP contribution in [-0.2, 0) is 4.79 Å². The number of rotatable bonds is 6. The number of ether oxygens (including phenoxy) is 1. The van der Waals surface area contributed by atoms with Crippen molar-refractivity contribution in [2.75, 3.05) is 26.8 Å². The van der Waals surface area contributed by atoms with Gasteiger partial charge in [0.15, 0.2) is 6.61 Å². The van der Waals surface area contributed by atoms with Crippen LogP contribution in [0.1, 0.15) is 17.5 Å². The maximum absolute atomic E-state index is 11.8. The summed E-state index contributed by atoms with van der Waals surface area (Å²) in [6, 6.07) is 5.89. The predicted molar refractivity (Wildman–Crippen MR) is 70.8 cm³/mol. The van der Waals surface area contributed by atoms with Crippen molar-refractivity contribution in [2.45, 2.75) is 20.3 Å². The number of amides is 1. The Balaban J connectivity index is 2.52. The minimum Gasteiger partial charge on any atom is -0.483 e. The first-order valence-corrected chi connectivity index (χ1v) is 6.10. The fraction of sp³-hybridized carbons (Fsp3) is 0.500. The number of likely N-dealkylation sites (N-methyl/N-ethyl adjacent to an activating group) is 1. The average Bonchev–Trinajstić information content (AvgIpc) is 2.35. The number of aliphatic hydroxyl groups excluding tert-OH is 1. The summed E-state index contributed by atoms with van der Waals surface area (Å²) in [4.78, 5) is 13.3. The van der Waals surface area contributed by atoms with Crippen LogP contribution in [0.25, 0.3) is 0 Å². The van der Waals surface area contributed by atoms with E-state index < -0.39 is 0 Å². The standard InChI is InChI=1S/C14H21NO3/c1-11-6-4-7-12(2)14(11)18-10-13(17)15(3)8-5-9-16/h4,6-7,16H,5,8-10H2,1-3H3. The van der Waals surface area contributed by atoms with Crippen molar-refractivity contribution in [3.05, 3.63) is 29.3 Å². The monoisotopic (exact) mass is 251 g/mol. The molecule has 1 rings (SSSR count). The molecule has 0 radical (unpaired) electrons. The summed E-state index contributed by atoms with van der Waals surface area (Å²) in [5, 5.41) is 8.71. The van der Waals surface area contributed by atoms with E-state index in [2.05, 4.69) is 0 Å². The Bertz CT molecular complexity index is 384. The van der Waals surface area contributed by atoms with Crippen LogP contribution in [0, 0.1) is 13.8 Å². The summed E-state index contributed by atoms with van der Waals surface area (Å²) in [6.45, 7) is 4.60. The molecule has 0 aromatic heterocycles. The third-order valence-electron chi connectivity index (χ3n) is 2.83. The highest BCUT2D eigenvalue weighted by atomic mass is 16.5. The van der Waals surface area contributed by atoms with E-state index in [1.165, 1.54) is 0 Å². The molecule has 4 heteroatoms. The molecule has 100 valence electrons. The lowest BCUT2D eigenvalue weighted by atomic mass is 10.1. The zero-order valence-corrected chi connectivity index (χ0v) is 11.3. The number of aryl methyl sites for hydroxylation is 2. The Hall–Kier alpha value is -1.55. The highest BCUT2D eigenvalue weighted by Crippen LogP contribution is 2.22. The second-order valence-corrected chi connectivity index (χ2v) is 4.40. The van der Waals surface area contributed by atoms with Gasteiger partial charge >= 0.3 is 0 Å². The molecule has 0 heterocycles. The molecule has 18 heavy (non-hydrogen) atoms. The van der Waals surface area contributed by atoms with Crippen molar-refractivity contribution in [2.24, 2.45) is 0 Å². The van der Waals surface area contributed by atoms with Gasteiger partial charge in [-0.15, -0.1) is 0 Å². The Kier molecular flexibility index (Phi) is 5.65. The summed E-state index contributed by atoms with van der Waals surface area (Å²) < 4.78 is 5.58. The van der Waals surface area contributed by atoms with Gasteiger partial charge in [-0.25, -0.2) is 0 Å². The summed E-state index contributed by atoms with van der Waals surface area (Å²) in [5.41, 5.74) is 2.06. The van der Waals surface area contributed by atoms with E-state index in [9.17, 15) is 4.79 Å². The molecule has 0 aliphatic rings. The molecule has 0 saturated carbocycles. The van der Waals surface area contributed by atoms with Crippen LogP contribution in [0.4, 0.5) is 0 Å². The van der Waals surface area contributed by atoms with Gasteiger partial charge in [0.25, 0.3) is 5.91 Å². The molecule has 0 aliphatic heterocycles. The van der Waals surface area contributed by atoms with Crippen LogP contribution >= 0.6 is 0 Å². The van der Waals surface area contributed by atoms with Gasteiger partial charge < -0.3 is 14.7 Å². The largest absolute Gasteiger partial charge is 0.483 e. The minimum atomic E-state index is -0.0777. The Morgan fingerprint density at radius 1 is 1.33 bits per heavy atom. The molecule has 0 aliphatic carbocycles. The van der Waals surface area contributed by atoms with Gasteiger partial charge in [0, 0.05) is 20.2 Å². The molecule has 4 nitrogen and oxygen atoms in total. The van der Waals surface area contributed by atoms with Crippen molar-refractivity contribution in [3.8, 4) is 5.75 Å². The fourth-order valence-corrected chi connectivity index (χ4v) is 1.70. The Morgan fingerprint density at radius 2 is 1.94 bits per heavy atom. The zero-order valence-electron chi connectivity index (χ0n) is 11.3. The van der Waals surface area contributed by atoms with E-state index in [0.717, 1.165) is 16.9 Å². The second-order valence-electron chi connectivity index (χ2n) is 4.40. The molecule has 1 amide bonds. The molecular formula is C14H21NO3. The number of aliphatic hydroxyl groups is 1. The molecule has 1 aromatic rings. The smallest absolute Gasteiger partial charge is 0.260 e. The number of hydrogen-bond acceptors (Lipinski definition) is 3. The SMILES string of the molecule is Cc1cccc(C)c1OCC(=O)N(C)CCCO. The lowest BCUT2D eigenvalue weighted by Gasteiger charge is -2.18. The molecule has 0 fully saturated rings. The van der Waals surface area contributed by atoms with Crippen molar-refractivity contribution >= 4 is 5.91 Å². The maximum atomic E-state index is 11.8. The van der Waals surface area contributed by atoms with Crippen molar-refractivity contribution in [1.82, 2.24) is 4.90 Å². The second kappa shape index (κ2) is 7.01. The quantitative estimate of drug-likeness (QED) is 0.834. The average molecular weight is 251 g/mol. The van der Waals surface area contributed by atoms with Gasteiger partial charge in [0.2, 0.25) is 0 Å². The van der Waals surface area contributed by atoms with Crippen molar-refractivity contribution in [1.29, 1.82) is 0 Å². The summed E-state index contributed by atoms with van der Waals surface area (Å²) in [6.07, 6.45) is 0.589. The first-order valence-electron chi connectivity index (χ1n) is 6.10. The van der Waals surface area contributed by atoms with Gasteiger partial charge in [0.1, 0.15) is 5.75 Å². The molecule has 0 spiro atoms. The van der Waals surface area contributed by atoms with Gasteiger partial charge in [-0.1, -0.05) is 18.2 Å². The lowest BCUT2D eigenvalue weighted by molar-refractivity contribution is -0.132. The van der Waals surface area contributed by atoms with Gasteiger partial charge in [-0.05, 0) is 31.4 Å². The first kappa shape index (κ1) is 14.5. The van der Waals surface area contributed by atoms with E-state index >= 15 is 0 Å².